The fourth-order valence-corrected chi connectivity index (χ4v) is 2.12. The third-order valence-electron chi connectivity index (χ3n) is 3.22. The molecule has 1 heterocycles. The van der Waals surface area contributed by atoms with Gasteiger partial charge in [-0.1, -0.05) is 12.1 Å². The number of para-hydroxylation sites is 1. The van der Waals surface area contributed by atoms with E-state index < -0.39 is 6.04 Å². The van der Waals surface area contributed by atoms with E-state index in [4.69, 9.17) is 5.73 Å². The van der Waals surface area contributed by atoms with Crippen LogP contribution in [0, 0.1) is 0 Å². The molecule has 2 amide bonds. The van der Waals surface area contributed by atoms with Crippen LogP contribution in [0.25, 0.3) is 0 Å². The first kappa shape index (κ1) is 16.5. The maximum atomic E-state index is 12.4. The molecule has 2 rings (SSSR count). The average molecular weight is 298 g/mol. The molecule has 0 radical (unpaired) electrons. The molecule has 1 atom stereocenters. The molecule has 0 unspecified atom stereocenters. The van der Waals surface area contributed by atoms with Gasteiger partial charge in [-0.05, 0) is 31.9 Å². The van der Waals surface area contributed by atoms with Crippen molar-refractivity contribution in [2.45, 2.75) is 25.8 Å². The number of halogens is 1. The van der Waals surface area contributed by atoms with Gasteiger partial charge in [0.1, 0.15) is 0 Å². The van der Waals surface area contributed by atoms with E-state index in [1.54, 1.807) is 31.2 Å². The minimum atomic E-state index is -0.602. The Morgan fingerprint density at radius 3 is 2.45 bits per heavy atom. The molecular formula is C14H20ClN3O2. The lowest BCUT2D eigenvalue weighted by Crippen LogP contribution is -2.34. The maximum absolute atomic E-state index is 12.4. The highest BCUT2D eigenvalue weighted by atomic mass is 35.5. The van der Waals surface area contributed by atoms with Crippen LogP contribution < -0.4 is 11.1 Å². The second-order valence-corrected chi connectivity index (χ2v) is 4.82. The van der Waals surface area contributed by atoms with Crippen LogP contribution >= 0.6 is 12.4 Å². The van der Waals surface area contributed by atoms with Gasteiger partial charge in [-0.15, -0.1) is 12.4 Å². The van der Waals surface area contributed by atoms with Crippen molar-refractivity contribution in [3.8, 4) is 0 Å². The fourth-order valence-electron chi connectivity index (χ4n) is 2.12. The van der Waals surface area contributed by atoms with Gasteiger partial charge in [-0.2, -0.15) is 0 Å². The number of nitrogens with two attached hydrogens (primary N) is 1. The number of nitrogens with zero attached hydrogens (tertiary/aromatic N) is 1. The quantitative estimate of drug-likeness (QED) is 0.890. The highest BCUT2D eigenvalue weighted by Crippen LogP contribution is 2.20. The lowest BCUT2D eigenvalue weighted by molar-refractivity contribution is -0.117. The van der Waals surface area contributed by atoms with E-state index in [9.17, 15) is 9.59 Å². The van der Waals surface area contributed by atoms with Crippen molar-refractivity contribution >= 4 is 29.9 Å². The number of amides is 2. The van der Waals surface area contributed by atoms with Gasteiger partial charge in [0.05, 0.1) is 17.3 Å². The number of benzene rings is 1. The Bertz CT molecular complexity index is 485. The molecule has 1 aromatic rings. The Morgan fingerprint density at radius 1 is 1.25 bits per heavy atom. The summed E-state index contributed by atoms with van der Waals surface area (Å²) in [6.45, 7) is 3.18. The number of likely N-dealkylation sites (tertiary alicyclic amines) is 1. The van der Waals surface area contributed by atoms with Crippen molar-refractivity contribution in [1.29, 1.82) is 0 Å². The first-order chi connectivity index (χ1) is 9.09. The predicted molar refractivity (Wildman–Crippen MR) is 81.1 cm³/mol. The summed E-state index contributed by atoms with van der Waals surface area (Å²) in [6.07, 6.45) is 2.08. The van der Waals surface area contributed by atoms with Gasteiger partial charge in [-0.3, -0.25) is 9.59 Å². The van der Waals surface area contributed by atoms with Crippen LogP contribution in [0.4, 0.5) is 5.69 Å². The Kier molecular flexibility index (Phi) is 5.98. The second-order valence-electron chi connectivity index (χ2n) is 4.82. The smallest absolute Gasteiger partial charge is 0.255 e. The summed E-state index contributed by atoms with van der Waals surface area (Å²) in [7, 11) is 0. The summed E-state index contributed by atoms with van der Waals surface area (Å²) >= 11 is 0. The summed E-state index contributed by atoms with van der Waals surface area (Å²) in [5.74, 6) is -0.320. The van der Waals surface area contributed by atoms with E-state index >= 15 is 0 Å². The van der Waals surface area contributed by atoms with Crippen LogP contribution in [0.5, 0.6) is 0 Å². The summed E-state index contributed by atoms with van der Waals surface area (Å²) in [5, 5.41) is 2.70. The number of rotatable bonds is 3. The Balaban J connectivity index is 0.00000200. The number of anilines is 1. The lowest BCUT2D eigenvalue weighted by Gasteiger charge is -2.18. The summed E-state index contributed by atoms with van der Waals surface area (Å²) < 4.78 is 0. The highest BCUT2D eigenvalue weighted by Gasteiger charge is 2.22. The fraction of sp³-hybridized carbons (Fsp3) is 0.429. The number of hydrogen-bond acceptors (Lipinski definition) is 3. The number of carbonyl (C=O) groups is 2. The zero-order valence-corrected chi connectivity index (χ0v) is 12.3. The van der Waals surface area contributed by atoms with Crippen molar-refractivity contribution in [2.24, 2.45) is 5.73 Å². The molecule has 1 fully saturated rings. The molecule has 1 aliphatic rings. The third kappa shape index (κ3) is 3.71. The SMILES string of the molecule is C[C@H](N)C(=O)Nc1ccccc1C(=O)N1CCCC1.Cl. The number of nitrogens with one attached hydrogen (secondary N) is 1. The molecule has 0 bridgehead atoms. The van der Waals surface area contributed by atoms with Crippen LogP contribution in [-0.4, -0.2) is 35.8 Å². The molecule has 110 valence electrons. The van der Waals surface area contributed by atoms with E-state index in [2.05, 4.69) is 5.32 Å². The normalized spacial score (nSPS) is 15.4. The van der Waals surface area contributed by atoms with Gasteiger partial charge in [0.25, 0.3) is 5.91 Å². The van der Waals surface area contributed by atoms with Gasteiger partial charge in [-0.25, -0.2) is 0 Å². The van der Waals surface area contributed by atoms with Crippen LogP contribution in [0.1, 0.15) is 30.1 Å². The van der Waals surface area contributed by atoms with Crippen molar-refractivity contribution in [1.82, 2.24) is 4.90 Å². The first-order valence-corrected chi connectivity index (χ1v) is 6.54. The van der Waals surface area contributed by atoms with E-state index in [1.165, 1.54) is 0 Å². The zero-order chi connectivity index (χ0) is 13.8. The molecule has 1 aliphatic heterocycles. The van der Waals surface area contributed by atoms with Crippen LogP contribution in [0.3, 0.4) is 0 Å². The van der Waals surface area contributed by atoms with Crippen LogP contribution in [-0.2, 0) is 4.79 Å². The molecule has 6 heteroatoms. The van der Waals surface area contributed by atoms with E-state index in [0.717, 1.165) is 25.9 Å². The molecule has 3 N–H and O–H groups in total. The van der Waals surface area contributed by atoms with E-state index in [1.807, 2.05) is 4.90 Å². The van der Waals surface area contributed by atoms with Gasteiger partial charge in [0, 0.05) is 13.1 Å². The van der Waals surface area contributed by atoms with E-state index in [-0.39, 0.29) is 24.2 Å². The maximum Gasteiger partial charge on any atom is 0.255 e. The van der Waals surface area contributed by atoms with Crippen molar-refractivity contribution < 1.29 is 9.59 Å². The van der Waals surface area contributed by atoms with E-state index in [0.29, 0.717) is 11.3 Å². The molecular weight excluding hydrogens is 278 g/mol. The topological polar surface area (TPSA) is 75.4 Å². The molecule has 1 aromatic carbocycles. The standard InChI is InChI=1S/C14H19N3O2.ClH/c1-10(15)13(18)16-12-7-3-2-6-11(12)14(19)17-8-4-5-9-17;/h2-3,6-7,10H,4-5,8-9,15H2,1H3,(H,16,18);1H/t10-;/m0./s1. The largest absolute Gasteiger partial charge is 0.339 e. The first-order valence-electron chi connectivity index (χ1n) is 6.54. The highest BCUT2D eigenvalue weighted by molar-refractivity contribution is 6.04. The number of hydrogen-bond donors (Lipinski definition) is 2. The summed E-state index contributed by atoms with van der Waals surface area (Å²) in [4.78, 5) is 25.8. The Hall–Kier alpha value is -1.59. The molecule has 0 saturated carbocycles. The average Bonchev–Trinajstić information content (AvgIpc) is 2.92. The van der Waals surface area contributed by atoms with Crippen molar-refractivity contribution in [3.05, 3.63) is 29.8 Å². The van der Waals surface area contributed by atoms with Gasteiger partial charge >= 0.3 is 0 Å². The molecule has 0 aliphatic carbocycles. The minimum Gasteiger partial charge on any atom is -0.339 e. The predicted octanol–water partition coefficient (Wildman–Crippen LogP) is 1.63. The summed E-state index contributed by atoms with van der Waals surface area (Å²) in [5.41, 5.74) is 6.58. The molecule has 0 aromatic heterocycles. The zero-order valence-electron chi connectivity index (χ0n) is 11.5. The summed E-state index contributed by atoms with van der Waals surface area (Å²) in [6, 6.07) is 6.44. The monoisotopic (exact) mass is 297 g/mol. The van der Waals surface area contributed by atoms with Gasteiger partial charge < -0.3 is 16.0 Å². The molecule has 0 spiro atoms. The second kappa shape index (κ2) is 7.26. The van der Waals surface area contributed by atoms with Gasteiger partial charge in [0.2, 0.25) is 5.91 Å². The molecule has 5 nitrogen and oxygen atoms in total. The van der Waals surface area contributed by atoms with Crippen LogP contribution in [0.15, 0.2) is 24.3 Å². The number of carbonyl (C=O) groups excluding carboxylic acids is 2. The lowest BCUT2D eigenvalue weighted by atomic mass is 10.1. The Morgan fingerprint density at radius 2 is 1.85 bits per heavy atom. The molecule has 20 heavy (non-hydrogen) atoms. The van der Waals surface area contributed by atoms with Crippen LogP contribution in [0.2, 0.25) is 0 Å². The molecule has 1 saturated heterocycles. The minimum absolute atomic E-state index is 0. The Labute approximate surface area is 124 Å². The van der Waals surface area contributed by atoms with Crippen molar-refractivity contribution in [2.75, 3.05) is 18.4 Å². The van der Waals surface area contributed by atoms with Gasteiger partial charge in [0.15, 0.2) is 0 Å². The third-order valence-corrected chi connectivity index (χ3v) is 3.22. The van der Waals surface area contributed by atoms with Crippen molar-refractivity contribution in [3.63, 3.8) is 0 Å².